The molecular weight excluding hydrogens is 248 g/mol. The lowest BCUT2D eigenvalue weighted by molar-refractivity contribution is 0.921. The van der Waals surface area contributed by atoms with E-state index in [1.54, 1.807) is 6.07 Å². The SMILES string of the molecule is N#Cc1ccc(N2CCc3c(Cl)cccc32)nn1. The minimum Gasteiger partial charge on any atom is -0.324 e. The molecular formula is C13H9ClN4. The summed E-state index contributed by atoms with van der Waals surface area (Å²) in [5.74, 6) is 0.745. The summed E-state index contributed by atoms with van der Waals surface area (Å²) in [5.41, 5.74) is 2.54. The monoisotopic (exact) mass is 256 g/mol. The van der Waals surface area contributed by atoms with Gasteiger partial charge in [0.25, 0.3) is 0 Å². The minimum atomic E-state index is 0.323. The molecule has 1 aliphatic heterocycles. The molecule has 3 rings (SSSR count). The number of fused-ring (bicyclic) bond motifs is 1. The first kappa shape index (κ1) is 11.0. The molecule has 2 aromatic rings. The zero-order valence-corrected chi connectivity index (χ0v) is 10.2. The number of aromatic nitrogens is 2. The van der Waals surface area contributed by atoms with Gasteiger partial charge in [-0.1, -0.05) is 17.7 Å². The maximum absolute atomic E-state index is 8.70. The van der Waals surface area contributed by atoms with E-state index in [-0.39, 0.29) is 0 Å². The van der Waals surface area contributed by atoms with Gasteiger partial charge in [0.05, 0.1) is 0 Å². The molecule has 0 N–H and O–H groups in total. The fourth-order valence-electron chi connectivity index (χ4n) is 2.16. The molecule has 5 heteroatoms. The molecule has 4 nitrogen and oxygen atoms in total. The highest BCUT2D eigenvalue weighted by Gasteiger charge is 2.23. The second-order valence-corrected chi connectivity index (χ2v) is 4.43. The maximum Gasteiger partial charge on any atom is 0.163 e. The van der Waals surface area contributed by atoms with E-state index in [1.165, 1.54) is 0 Å². The van der Waals surface area contributed by atoms with Crippen LogP contribution in [0.3, 0.4) is 0 Å². The van der Waals surface area contributed by atoms with Crippen molar-refractivity contribution in [3.63, 3.8) is 0 Å². The van der Waals surface area contributed by atoms with E-state index in [0.29, 0.717) is 5.69 Å². The van der Waals surface area contributed by atoms with Crippen molar-refractivity contribution >= 4 is 23.1 Å². The molecule has 1 aliphatic rings. The van der Waals surface area contributed by atoms with E-state index in [1.807, 2.05) is 30.3 Å². The van der Waals surface area contributed by atoms with Crippen LogP contribution in [-0.2, 0) is 6.42 Å². The van der Waals surface area contributed by atoms with Gasteiger partial charge in [-0.25, -0.2) is 0 Å². The first-order valence-electron chi connectivity index (χ1n) is 5.58. The van der Waals surface area contributed by atoms with E-state index >= 15 is 0 Å². The van der Waals surface area contributed by atoms with Gasteiger partial charge in [-0.3, -0.25) is 0 Å². The average Bonchev–Trinajstić information content (AvgIpc) is 2.84. The number of hydrogen-bond acceptors (Lipinski definition) is 4. The third-order valence-electron chi connectivity index (χ3n) is 3.01. The van der Waals surface area contributed by atoms with E-state index in [4.69, 9.17) is 16.9 Å². The fraction of sp³-hybridized carbons (Fsp3) is 0.154. The Labute approximate surface area is 109 Å². The predicted octanol–water partition coefficient (Wildman–Crippen LogP) is 2.70. The van der Waals surface area contributed by atoms with Gasteiger partial charge < -0.3 is 4.90 Å². The lowest BCUT2D eigenvalue weighted by Crippen LogP contribution is -2.15. The van der Waals surface area contributed by atoms with Gasteiger partial charge in [-0.15, -0.1) is 10.2 Å². The Hall–Kier alpha value is -2.12. The van der Waals surface area contributed by atoms with Crippen molar-refractivity contribution in [1.29, 1.82) is 5.26 Å². The Bertz CT molecular complexity index is 630. The van der Waals surface area contributed by atoms with Crippen molar-refractivity contribution in [3.05, 3.63) is 46.6 Å². The molecule has 0 fully saturated rings. The fourth-order valence-corrected chi connectivity index (χ4v) is 2.42. The third kappa shape index (κ3) is 1.69. The molecule has 0 bridgehead atoms. The smallest absolute Gasteiger partial charge is 0.163 e. The highest BCUT2D eigenvalue weighted by atomic mass is 35.5. The molecule has 2 heterocycles. The second kappa shape index (κ2) is 4.28. The van der Waals surface area contributed by atoms with Crippen LogP contribution in [0.25, 0.3) is 0 Å². The Morgan fingerprint density at radius 1 is 1.22 bits per heavy atom. The van der Waals surface area contributed by atoms with Crippen LogP contribution in [0.5, 0.6) is 0 Å². The van der Waals surface area contributed by atoms with Gasteiger partial charge in [0.15, 0.2) is 11.5 Å². The zero-order chi connectivity index (χ0) is 12.5. The van der Waals surface area contributed by atoms with Gasteiger partial charge in [0, 0.05) is 17.3 Å². The van der Waals surface area contributed by atoms with E-state index < -0.39 is 0 Å². The molecule has 0 saturated heterocycles. The molecule has 0 atom stereocenters. The van der Waals surface area contributed by atoms with Crippen molar-refractivity contribution in [3.8, 4) is 6.07 Å². The summed E-state index contributed by atoms with van der Waals surface area (Å²) in [6.45, 7) is 0.833. The van der Waals surface area contributed by atoms with Gasteiger partial charge >= 0.3 is 0 Å². The van der Waals surface area contributed by atoms with Gasteiger partial charge in [0.2, 0.25) is 0 Å². The number of halogens is 1. The third-order valence-corrected chi connectivity index (χ3v) is 3.37. The van der Waals surface area contributed by atoms with Crippen LogP contribution in [0, 0.1) is 11.3 Å². The number of benzene rings is 1. The molecule has 0 radical (unpaired) electrons. The van der Waals surface area contributed by atoms with E-state index in [0.717, 1.165) is 35.1 Å². The number of nitrogens with zero attached hydrogens (tertiary/aromatic N) is 4. The van der Waals surface area contributed by atoms with Crippen molar-refractivity contribution < 1.29 is 0 Å². The zero-order valence-electron chi connectivity index (χ0n) is 9.47. The Morgan fingerprint density at radius 2 is 2.11 bits per heavy atom. The van der Waals surface area contributed by atoms with Crippen molar-refractivity contribution in [2.45, 2.75) is 6.42 Å². The molecule has 88 valence electrons. The quantitative estimate of drug-likeness (QED) is 0.787. The summed E-state index contributed by atoms with van der Waals surface area (Å²) < 4.78 is 0. The lowest BCUT2D eigenvalue weighted by atomic mass is 10.2. The molecule has 0 aliphatic carbocycles. The highest BCUT2D eigenvalue weighted by molar-refractivity contribution is 6.31. The number of hydrogen-bond donors (Lipinski definition) is 0. The number of rotatable bonds is 1. The van der Waals surface area contributed by atoms with Gasteiger partial charge in [0.1, 0.15) is 6.07 Å². The average molecular weight is 257 g/mol. The molecule has 1 aromatic heterocycles. The molecule has 0 amide bonds. The first-order chi connectivity index (χ1) is 8.79. The molecule has 1 aromatic carbocycles. The Morgan fingerprint density at radius 3 is 2.83 bits per heavy atom. The van der Waals surface area contributed by atoms with Crippen LogP contribution >= 0.6 is 11.6 Å². The van der Waals surface area contributed by atoms with Gasteiger partial charge in [-0.2, -0.15) is 5.26 Å². The number of nitriles is 1. The first-order valence-corrected chi connectivity index (χ1v) is 5.96. The summed E-state index contributed by atoms with van der Waals surface area (Å²) in [4.78, 5) is 2.06. The lowest BCUT2D eigenvalue weighted by Gasteiger charge is -2.17. The standard InChI is InChI=1S/C13H9ClN4/c14-11-2-1-3-12-10(11)6-7-18(12)13-5-4-9(8-15)16-17-13/h1-5H,6-7H2. The summed E-state index contributed by atoms with van der Waals surface area (Å²) in [6, 6.07) is 11.3. The predicted molar refractivity (Wildman–Crippen MR) is 68.9 cm³/mol. The summed E-state index contributed by atoms with van der Waals surface area (Å²) in [6.07, 6.45) is 0.899. The van der Waals surface area contributed by atoms with E-state index in [2.05, 4.69) is 15.1 Å². The van der Waals surface area contributed by atoms with Crippen LogP contribution in [0.2, 0.25) is 5.02 Å². The normalized spacial score (nSPS) is 13.2. The minimum absolute atomic E-state index is 0.323. The highest BCUT2D eigenvalue weighted by Crippen LogP contribution is 2.36. The van der Waals surface area contributed by atoms with Crippen molar-refractivity contribution in [1.82, 2.24) is 10.2 Å². The molecule has 0 saturated carbocycles. The maximum atomic E-state index is 8.70. The summed E-state index contributed by atoms with van der Waals surface area (Å²) >= 11 is 6.16. The summed E-state index contributed by atoms with van der Waals surface area (Å²) in [5, 5.41) is 17.4. The van der Waals surface area contributed by atoms with Crippen molar-refractivity contribution in [2.75, 3.05) is 11.4 Å². The Kier molecular flexibility index (Phi) is 2.62. The topological polar surface area (TPSA) is 52.8 Å². The van der Waals surface area contributed by atoms with E-state index in [9.17, 15) is 0 Å². The van der Waals surface area contributed by atoms with Crippen LogP contribution in [0.4, 0.5) is 11.5 Å². The number of anilines is 2. The van der Waals surface area contributed by atoms with Gasteiger partial charge in [-0.05, 0) is 36.2 Å². The molecule has 0 spiro atoms. The van der Waals surface area contributed by atoms with Crippen LogP contribution < -0.4 is 4.90 Å². The van der Waals surface area contributed by atoms with Crippen LogP contribution in [0.15, 0.2) is 30.3 Å². The second-order valence-electron chi connectivity index (χ2n) is 4.03. The molecule has 18 heavy (non-hydrogen) atoms. The largest absolute Gasteiger partial charge is 0.324 e. The summed E-state index contributed by atoms with van der Waals surface area (Å²) in [7, 11) is 0. The van der Waals surface area contributed by atoms with Crippen LogP contribution in [-0.4, -0.2) is 16.7 Å². The van der Waals surface area contributed by atoms with Crippen molar-refractivity contribution in [2.24, 2.45) is 0 Å². The Balaban J connectivity index is 2.01. The molecule has 0 unspecified atom stereocenters. The van der Waals surface area contributed by atoms with Crippen LogP contribution in [0.1, 0.15) is 11.3 Å².